The summed E-state index contributed by atoms with van der Waals surface area (Å²) in [6, 6.07) is 9.72. The number of alkyl carbamates (subject to hydrolysis) is 1. The Labute approximate surface area is 167 Å². The van der Waals surface area contributed by atoms with E-state index in [1.54, 1.807) is 12.4 Å². The van der Waals surface area contributed by atoms with Crippen molar-refractivity contribution in [2.24, 2.45) is 0 Å². The summed E-state index contributed by atoms with van der Waals surface area (Å²) < 4.78 is 7.49. The molecule has 2 bridgehead atoms. The molecule has 0 unspecified atom stereocenters. The molecule has 0 aliphatic heterocycles. The number of rotatable bonds is 4. The molecule has 0 saturated heterocycles. The molecule has 144 valence electrons. The van der Waals surface area contributed by atoms with E-state index in [1.807, 2.05) is 40.9 Å². The van der Waals surface area contributed by atoms with Crippen molar-refractivity contribution in [2.45, 2.75) is 49.7 Å². The molecule has 28 heavy (non-hydrogen) atoms. The van der Waals surface area contributed by atoms with Gasteiger partial charge in [-0.05, 0) is 37.7 Å². The average Bonchev–Trinajstić information content (AvgIpc) is 3.40. The number of hydrogen-bond acceptors (Lipinski definition) is 4. The highest BCUT2D eigenvalue weighted by Gasteiger charge is 2.57. The zero-order valence-electron chi connectivity index (χ0n) is 15.4. The quantitative estimate of drug-likeness (QED) is 0.715. The van der Waals surface area contributed by atoms with Crippen molar-refractivity contribution >= 4 is 23.2 Å². The van der Waals surface area contributed by atoms with Crippen LogP contribution in [0.25, 0.3) is 5.52 Å². The summed E-state index contributed by atoms with van der Waals surface area (Å²) >= 11 is 6.21. The van der Waals surface area contributed by atoms with E-state index in [9.17, 15) is 4.79 Å². The van der Waals surface area contributed by atoms with Crippen LogP contribution in [0.4, 0.5) is 4.79 Å². The molecule has 2 aromatic heterocycles. The predicted molar refractivity (Wildman–Crippen MR) is 105 cm³/mol. The lowest BCUT2D eigenvalue weighted by Gasteiger charge is -2.28. The van der Waals surface area contributed by atoms with Gasteiger partial charge in [0.2, 0.25) is 0 Å². The fourth-order valence-corrected chi connectivity index (χ4v) is 5.14. The Kier molecular flexibility index (Phi) is 4.05. The molecule has 1 N–H and O–H groups in total. The number of halogens is 1. The minimum atomic E-state index is -0.346. The van der Waals surface area contributed by atoms with Crippen LogP contribution < -0.4 is 5.32 Å². The lowest BCUT2D eigenvalue weighted by molar-refractivity contribution is 0.126. The first-order valence-corrected chi connectivity index (χ1v) is 9.94. The van der Waals surface area contributed by atoms with E-state index in [0.717, 1.165) is 49.0 Å². The number of fused-ring (bicyclic) bond motifs is 3. The molecule has 2 heterocycles. The number of hydrogen-bond donors (Lipinski definition) is 1. The Bertz CT molecular complexity index is 1030. The van der Waals surface area contributed by atoms with Gasteiger partial charge in [-0.3, -0.25) is 4.40 Å². The third kappa shape index (κ3) is 2.83. The van der Waals surface area contributed by atoms with Crippen molar-refractivity contribution in [3.05, 3.63) is 65.5 Å². The van der Waals surface area contributed by atoms with E-state index in [0.29, 0.717) is 5.15 Å². The number of aromatic nitrogens is 3. The van der Waals surface area contributed by atoms with Crippen LogP contribution >= 0.6 is 11.6 Å². The summed E-state index contributed by atoms with van der Waals surface area (Å²) in [5, 5.41) is 3.62. The van der Waals surface area contributed by atoms with Gasteiger partial charge in [0.05, 0.1) is 6.20 Å². The van der Waals surface area contributed by atoms with Crippen molar-refractivity contribution in [1.29, 1.82) is 0 Å². The zero-order chi connectivity index (χ0) is 19.2. The fourth-order valence-electron chi connectivity index (χ4n) is 4.94. The van der Waals surface area contributed by atoms with Gasteiger partial charge in [0.25, 0.3) is 0 Å². The summed E-state index contributed by atoms with van der Waals surface area (Å²) in [5.74, 6) is 1.02. The second-order valence-electron chi connectivity index (χ2n) is 7.98. The summed E-state index contributed by atoms with van der Waals surface area (Å²) in [6.45, 7) is 0.282. The van der Waals surface area contributed by atoms with E-state index in [4.69, 9.17) is 16.3 Å². The molecule has 2 saturated carbocycles. The van der Waals surface area contributed by atoms with Crippen molar-refractivity contribution in [3.63, 3.8) is 0 Å². The summed E-state index contributed by atoms with van der Waals surface area (Å²) in [7, 11) is 0. The van der Waals surface area contributed by atoms with E-state index in [-0.39, 0.29) is 23.7 Å². The number of carbonyl (C=O) groups is 1. The van der Waals surface area contributed by atoms with Crippen molar-refractivity contribution < 1.29 is 9.53 Å². The average molecular weight is 397 g/mol. The van der Waals surface area contributed by atoms with E-state index in [1.165, 1.54) is 0 Å². The van der Waals surface area contributed by atoms with Crippen molar-refractivity contribution in [2.75, 3.05) is 0 Å². The number of nitrogens with one attached hydrogen (secondary N) is 1. The first-order chi connectivity index (χ1) is 13.6. The Morgan fingerprint density at radius 1 is 1.18 bits per heavy atom. The zero-order valence-corrected chi connectivity index (χ0v) is 16.2. The van der Waals surface area contributed by atoms with Gasteiger partial charge in [0.1, 0.15) is 17.9 Å². The first-order valence-electron chi connectivity index (χ1n) is 9.56. The highest BCUT2D eigenvalue weighted by Crippen LogP contribution is 2.57. The molecule has 0 spiro atoms. The maximum absolute atomic E-state index is 12.4. The monoisotopic (exact) mass is 396 g/mol. The molecule has 2 aliphatic rings. The van der Waals surface area contributed by atoms with Crippen LogP contribution in [0.5, 0.6) is 0 Å². The van der Waals surface area contributed by atoms with Gasteiger partial charge in [-0.25, -0.2) is 14.8 Å². The number of nitrogens with zero attached hydrogens (tertiary/aromatic N) is 3. The standard InChI is InChI=1S/C21H21ClN4O2/c22-17-16-12-24-18(26(16)11-10-23-17)20-6-8-21(14-20,9-7-20)25-19(27)28-13-15-4-2-1-3-5-15/h1-5,10-12H,6-9,13-14H2,(H,25,27). The number of amides is 1. The van der Waals surface area contributed by atoms with Crippen LogP contribution in [0.2, 0.25) is 5.15 Å². The smallest absolute Gasteiger partial charge is 0.407 e. The molecule has 0 atom stereocenters. The molecule has 7 heteroatoms. The van der Waals surface area contributed by atoms with Crippen LogP contribution in [0, 0.1) is 0 Å². The lowest BCUT2D eigenvalue weighted by Crippen LogP contribution is -2.45. The molecular formula is C21H21ClN4O2. The number of benzene rings is 1. The Morgan fingerprint density at radius 3 is 2.75 bits per heavy atom. The summed E-state index contributed by atoms with van der Waals surface area (Å²) in [5.41, 5.74) is 1.56. The van der Waals surface area contributed by atoms with Gasteiger partial charge in [0.15, 0.2) is 5.15 Å². The largest absolute Gasteiger partial charge is 0.445 e. The Hall–Kier alpha value is -2.60. The molecule has 3 aromatic rings. The third-order valence-electron chi connectivity index (χ3n) is 6.31. The second kappa shape index (κ2) is 6.48. The molecule has 1 aromatic carbocycles. The van der Waals surface area contributed by atoms with Crippen molar-refractivity contribution in [1.82, 2.24) is 19.7 Å². The SMILES string of the molecule is O=C(NC12CCC(c3ncc4c(Cl)nccn34)(CC1)C2)OCc1ccccc1. The molecule has 5 rings (SSSR count). The topological polar surface area (TPSA) is 68.5 Å². The highest BCUT2D eigenvalue weighted by atomic mass is 35.5. The van der Waals surface area contributed by atoms with Gasteiger partial charge in [-0.15, -0.1) is 0 Å². The van der Waals surface area contributed by atoms with Gasteiger partial charge in [0, 0.05) is 23.3 Å². The summed E-state index contributed by atoms with van der Waals surface area (Å²) in [4.78, 5) is 21.2. The molecule has 6 nitrogen and oxygen atoms in total. The molecule has 1 amide bonds. The van der Waals surface area contributed by atoms with E-state index in [2.05, 4.69) is 15.3 Å². The van der Waals surface area contributed by atoms with E-state index < -0.39 is 0 Å². The normalized spacial score (nSPS) is 25.9. The van der Waals surface area contributed by atoms with Gasteiger partial charge in [-0.2, -0.15) is 0 Å². The van der Waals surface area contributed by atoms with Gasteiger partial charge >= 0.3 is 6.09 Å². The van der Waals surface area contributed by atoms with Gasteiger partial charge < -0.3 is 10.1 Å². The number of ether oxygens (including phenoxy) is 1. The maximum atomic E-state index is 12.4. The van der Waals surface area contributed by atoms with E-state index >= 15 is 0 Å². The van der Waals surface area contributed by atoms with Crippen molar-refractivity contribution in [3.8, 4) is 0 Å². The number of imidazole rings is 1. The van der Waals surface area contributed by atoms with Crippen LogP contribution in [0.15, 0.2) is 48.9 Å². The molecule has 0 radical (unpaired) electrons. The summed E-state index contributed by atoms with van der Waals surface area (Å²) in [6.07, 6.45) is 9.78. The minimum Gasteiger partial charge on any atom is -0.445 e. The molecule has 2 aliphatic carbocycles. The fraction of sp³-hybridized carbons (Fsp3) is 0.381. The maximum Gasteiger partial charge on any atom is 0.407 e. The Balaban J connectivity index is 1.31. The lowest BCUT2D eigenvalue weighted by atomic mass is 9.83. The van der Waals surface area contributed by atoms with Crippen LogP contribution in [-0.4, -0.2) is 26.0 Å². The second-order valence-corrected chi connectivity index (χ2v) is 8.34. The van der Waals surface area contributed by atoms with Crippen LogP contribution in [0.1, 0.15) is 43.5 Å². The third-order valence-corrected chi connectivity index (χ3v) is 6.60. The van der Waals surface area contributed by atoms with Crippen LogP contribution in [0.3, 0.4) is 0 Å². The Morgan fingerprint density at radius 2 is 1.96 bits per heavy atom. The van der Waals surface area contributed by atoms with Gasteiger partial charge in [-0.1, -0.05) is 41.9 Å². The minimum absolute atomic E-state index is 0.0379. The molecule has 2 fully saturated rings. The highest BCUT2D eigenvalue weighted by molar-refractivity contribution is 6.32. The van der Waals surface area contributed by atoms with Crippen LogP contribution in [-0.2, 0) is 16.8 Å². The first kappa shape index (κ1) is 17.5. The number of carbonyl (C=O) groups excluding carboxylic acids is 1. The molecular weight excluding hydrogens is 376 g/mol. The predicted octanol–water partition coefficient (Wildman–Crippen LogP) is 4.26.